The van der Waals surface area contributed by atoms with Gasteiger partial charge in [0.1, 0.15) is 12.1 Å². The predicted octanol–water partition coefficient (Wildman–Crippen LogP) is 1.64. The van der Waals surface area contributed by atoms with Gasteiger partial charge in [-0.05, 0) is 19.4 Å². The fourth-order valence-corrected chi connectivity index (χ4v) is 1.07. The van der Waals surface area contributed by atoms with Crippen molar-refractivity contribution in [2.75, 3.05) is 0 Å². The Hall–Kier alpha value is -1.35. The summed E-state index contributed by atoms with van der Waals surface area (Å²) in [5.41, 5.74) is 6.36. The number of hydrogen-bond acceptors (Lipinski definition) is 3. The lowest BCUT2D eigenvalue weighted by Crippen LogP contribution is -2.29. The zero-order valence-electron chi connectivity index (χ0n) is 8.44. The first-order valence-corrected chi connectivity index (χ1v) is 4.62. The molecule has 1 unspecified atom stereocenters. The van der Waals surface area contributed by atoms with Crippen molar-refractivity contribution in [3.8, 4) is 0 Å². The molecule has 0 amide bonds. The molecule has 0 saturated heterocycles. The molecule has 2 atom stereocenters. The highest BCUT2D eigenvalue weighted by Crippen LogP contribution is 2.16. The summed E-state index contributed by atoms with van der Waals surface area (Å²) < 4.78 is 5.13. The molecule has 2 N–H and O–H groups in total. The maximum Gasteiger partial charge on any atom is 0.323 e. The SMILES string of the molecule is CC(N)C(=O)O[C@@H](C)c1ccccc1. The fourth-order valence-electron chi connectivity index (χ4n) is 1.07. The number of nitrogens with two attached hydrogens (primary N) is 1. The van der Waals surface area contributed by atoms with Crippen molar-refractivity contribution in [3.63, 3.8) is 0 Å². The van der Waals surface area contributed by atoms with Crippen LogP contribution in [0, 0.1) is 0 Å². The van der Waals surface area contributed by atoms with Crippen LogP contribution in [0.5, 0.6) is 0 Å². The summed E-state index contributed by atoms with van der Waals surface area (Å²) >= 11 is 0. The van der Waals surface area contributed by atoms with Crippen molar-refractivity contribution in [3.05, 3.63) is 35.9 Å². The van der Waals surface area contributed by atoms with Crippen molar-refractivity contribution in [2.45, 2.75) is 26.0 Å². The molecular weight excluding hydrogens is 178 g/mol. The van der Waals surface area contributed by atoms with E-state index >= 15 is 0 Å². The number of rotatable bonds is 3. The van der Waals surface area contributed by atoms with Gasteiger partial charge >= 0.3 is 5.97 Å². The average Bonchev–Trinajstić information content (AvgIpc) is 2.19. The quantitative estimate of drug-likeness (QED) is 0.742. The Balaban J connectivity index is 2.59. The Morgan fingerprint density at radius 2 is 1.86 bits per heavy atom. The topological polar surface area (TPSA) is 52.3 Å². The van der Waals surface area contributed by atoms with Gasteiger partial charge < -0.3 is 10.5 Å². The van der Waals surface area contributed by atoms with E-state index in [0.29, 0.717) is 0 Å². The molecule has 0 saturated carbocycles. The third-order valence-corrected chi connectivity index (χ3v) is 1.93. The van der Waals surface area contributed by atoms with E-state index in [2.05, 4.69) is 0 Å². The minimum absolute atomic E-state index is 0.241. The molecule has 0 bridgehead atoms. The van der Waals surface area contributed by atoms with Crippen LogP contribution in [0.15, 0.2) is 30.3 Å². The van der Waals surface area contributed by atoms with E-state index in [4.69, 9.17) is 10.5 Å². The summed E-state index contributed by atoms with van der Waals surface area (Å²) in [5.74, 6) is -0.374. The third kappa shape index (κ3) is 2.85. The fraction of sp³-hybridized carbons (Fsp3) is 0.364. The number of hydrogen-bond donors (Lipinski definition) is 1. The minimum Gasteiger partial charge on any atom is -0.457 e. The first-order valence-electron chi connectivity index (χ1n) is 4.62. The van der Waals surface area contributed by atoms with Crippen LogP contribution >= 0.6 is 0 Å². The van der Waals surface area contributed by atoms with E-state index in [1.54, 1.807) is 6.92 Å². The molecule has 0 aromatic heterocycles. The Kier molecular flexibility index (Phi) is 3.65. The zero-order valence-corrected chi connectivity index (χ0v) is 8.44. The van der Waals surface area contributed by atoms with Crippen LogP contribution < -0.4 is 5.73 Å². The highest BCUT2D eigenvalue weighted by molar-refractivity contribution is 5.75. The molecule has 0 aliphatic carbocycles. The maximum absolute atomic E-state index is 11.2. The molecular formula is C11H15NO2. The van der Waals surface area contributed by atoms with Crippen LogP contribution in [0.1, 0.15) is 25.5 Å². The lowest BCUT2D eigenvalue weighted by molar-refractivity contribution is -0.149. The van der Waals surface area contributed by atoms with Gasteiger partial charge in [-0.1, -0.05) is 30.3 Å². The Bertz CT molecular complexity index is 295. The summed E-state index contributed by atoms with van der Waals surface area (Å²) in [4.78, 5) is 11.2. The number of benzene rings is 1. The highest BCUT2D eigenvalue weighted by Gasteiger charge is 2.14. The van der Waals surface area contributed by atoms with Crippen LogP contribution in [0.3, 0.4) is 0 Å². The van der Waals surface area contributed by atoms with Gasteiger partial charge in [-0.15, -0.1) is 0 Å². The number of ether oxygens (including phenoxy) is 1. The number of carbonyl (C=O) groups is 1. The monoisotopic (exact) mass is 193 g/mol. The van der Waals surface area contributed by atoms with Gasteiger partial charge in [-0.2, -0.15) is 0 Å². The van der Waals surface area contributed by atoms with Crippen molar-refractivity contribution < 1.29 is 9.53 Å². The highest BCUT2D eigenvalue weighted by atomic mass is 16.5. The van der Waals surface area contributed by atoms with Crippen molar-refractivity contribution in [2.24, 2.45) is 5.73 Å². The molecule has 3 nitrogen and oxygen atoms in total. The van der Waals surface area contributed by atoms with Crippen LogP contribution in [0.25, 0.3) is 0 Å². The van der Waals surface area contributed by atoms with Gasteiger partial charge in [0.05, 0.1) is 0 Å². The van der Waals surface area contributed by atoms with Crippen molar-refractivity contribution in [1.29, 1.82) is 0 Å². The predicted molar refractivity (Wildman–Crippen MR) is 54.6 cm³/mol. The second-order valence-corrected chi connectivity index (χ2v) is 3.28. The van der Waals surface area contributed by atoms with Crippen molar-refractivity contribution in [1.82, 2.24) is 0 Å². The molecule has 0 aliphatic heterocycles. The summed E-state index contributed by atoms with van der Waals surface area (Å²) in [6.07, 6.45) is -0.241. The minimum atomic E-state index is -0.568. The summed E-state index contributed by atoms with van der Waals surface area (Å²) in [7, 11) is 0. The van der Waals surface area contributed by atoms with Crippen molar-refractivity contribution >= 4 is 5.97 Å². The van der Waals surface area contributed by atoms with Gasteiger partial charge in [0.25, 0.3) is 0 Å². The van der Waals surface area contributed by atoms with E-state index in [0.717, 1.165) is 5.56 Å². The lowest BCUT2D eigenvalue weighted by Gasteiger charge is -2.14. The van der Waals surface area contributed by atoms with Gasteiger partial charge in [-0.3, -0.25) is 4.79 Å². The molecule has 14 heavy (non-hydrogen) atoms. The van der Waals surface area contributed by atoms with E-state index in [9.17, 15) is 4.79 Å². The van der Waals surface area contributed by atoms with Gasteiger partial charge in [0.2, 0.25) is 0 Å². The van der Waals surface area contributed by atoms with E-state index < -0.39 is 6.04 Å². The van der Waals surface area contributed by atoms with E-state index in [1.165, 1.54) is 0 Å². The average molecular weight is 193 g/mol. The number of carbonyl (C=O) groups excluding carboxylic acids is 1. The molecule has 1 aromatic rings. The van der Waals surface area contributed by atoms with Gasteiger partial charge in [0, 0.05) is 0 Å². The second kappa shape index (κ2) is 4.77. The van der Waals surface area contributed by atoms with E-state index in [1.807, 2.05) is 37.3 Å². The lowest BCUT2D eigenvalue weighted by atomic mass is 10.1. The van der Waals surface area contributed by atoms with Crippen LogP contribution in [0.2, 0.25) is 0 Å². The first kappa shape index (κ1) is 10.7. The summed E-state index contributed by atoms with van der Waals surface area (Å²) in [5, 5.41) is 0. The van der Waals surface area contributed by atoms with Crippen LogP contribution in [-0.4, -0.2) is 12.0 Å². The molecule has 1 rings (SSSR count). The molecule has 0 fully saturated rings. The molecule has 76 valence electrons. The molecule has 3 heteroatoms. The molecule has 0 heterocycles. The number of esters is 1. The maximum atomic E-state index is 11.2. The zero-order chi connectivity index (χ0) is 10.6. The standard InChI is InChI=1S/C11H15NO2/c1-8(12)11(13)14-9(2)10-6-4-3-5-7-10/h3-9H,12H2,1-2H3/t8?,9-/m0/s1. The largest absolute Gasteiger partial charge is 0.457 e. The third-order valence-electron chi connectivity index (χ3n) is 1.93. The Morgan fingerprint density at radius 3 is 2.36 bits per heavy atom. The second-order valence-electron chi connectivity index (χ2n) is 3.28. The van der Waals surface area contributed by atoms with Gasteiger partial charge in [0.15, 0.2) is 0 Å². The molecule has 0 radical (unpaired) electrons. The van der Waals surface area contributed by atoms with Gasteiger partial charge in [-0.25, -0.2) is 0 Å². The Labute approximate surface area is 83.9 Å². The van der Waals surface area contributed by atoms with Crippen LogP contribution in [-0.2, 0) is 9.53 Å². The van der Waals surface area contributed by atoms with Crippen LogP contribution in [0.4, 0.5) is 0 Å². The molecule has 0 aliphatic rings. The Morgan fingerprint density at radius 1 is 1.29 bits per heavy atom. The normalized spacial score (nSPS) is 14.5. The summed E-state index contributed by atoms with van der Waals surface area (Å²) in [6.45, 7) is 3.44. The summed E-state index contributed by atoms with van der Waals surface area (Å²) in [6, 6.07) is 9.00. The molecule has 1 aromatic carbocycles. The molecule has 0 spiro atoms. The smallest absolute Gasteiger partial charge is 0.323 e. The first-order chi connectivity index (χ1) is 6.61. The van der Waals surface area contributed by atoms with E-state index in [-0.39, 0.29) is 12.1 Å².